The van der Waals surface area contributed by atoms with Gasteiger partial charge < -0.3 is 14.0 Å². The first-order valence-electron chi connectivity index (χ1n) is 8.35. The molecule has 0 unspecified atom stereocenters. The molecule has 0 saturated heterocycles. The Morgan fingerprint density at radius 2 is 1.79 bits per heavy atom. The van der Waals surface area contributed by atoms with Crippen LogP contribution in [0.15, 0.2) is 48.5 Å². The van der Waals surface area contributed by atoms with Crippen molar-refractivity contribution < 1.29 is 9.47 Å². The van der Waals surface area contributed by atoms with Gasteiger partial charge in [0.15, 0.2) is 0 Å². The molecule has 1 aromatic heterocycles. The zero-order chi connectivity index (χ0) is 16.9. The zero-order valence-corrected chi connectivity index (χ0v) is 14.5. The Morgan fingerprint density at radius 1 is 1.04 bits per heavy atom. The fourth-order valence-electron chi connectivity index (χ4n) is 2.95. The number of methoxy groups -OCH3 is 1. The second kappa shape index (κ2) is 7.49. The van der Waals surface area contributed by atoms with Crippen LogP contribution in [0.25, 0.3) is 11.0 Å². The van der Waals surface area contributed by atoms with Gasteiger partial charge in [-0.05, 0) is 29.7 Å². The van der Waals surface area contributed by atoms with Gasteiger partial charge in [-0.2, -0.15) is 0 Å². The molecule has 126 valence electrons. The first-order chi connectivity index (χ1) is 11.7. The molecule has 0 atom stereocenters. The number of nitrogens with zero attached hydrogens (tertiary/aromatic N) is 2. The van der Waals surface area contributed by atoms with Crippen LogP contribution in [0.4, 0.5) is 0 Å². The van der Waals surface area contributed by atoms with E-state index in [9.17, 15) is 0 Å². The maximum Gasteiger partial charge on any atom is 0.136 e. The van der Waals surface area contributed by atoms with E-state index in [-0.39, 0.29) is 0 Å². The van der Waals surface area contributed by atoms with Crippen LogP contribution in [-0.4, -0.2) is 23.3 Å². The van der Waals surface area contributed by atoms with Crippen LogP contribution >= 0.6 is 0 Å². The number of aromatic nitrogens is 2. The van der Waals surface area contributed by atoms with E-state index in [0.717, 1.165) is 29.2 Å². The molecule has 0 radical (unpaired) electrons. The summed E-state index contributed by atoms with van der Waals surface area (Å²) in [6.07, 6.45) is 0. The Hall–Kier alpha value is -2.33. The first kappa shape index (κ1) is 16.5. The van der Waals surface area contributed by atoms with Crippen molar-refractivity contribution in [1.82, 2.24) is 9.55 Å². The van der Waals surface area contributed by atoms with E-state index in [1.54, 1.807) is 7.11 Å². The van der Waals surface area contributed by atoms with Gasteiger partial charge in [0, 0.05) is 7.11 Å². The van der Waals surface area contributed by atoms with E-state index in [1.807, 2.05) is 30.3 Å². The minimum absolute atomic E-state index is 0.444. The molecule has 0 aliphatic rings. The van der Waals surface area contributed by atoms with Crippen LogP contribution in [0, 0.1) is 0 Å². The predicted molar refractivity (Wildman–Crippen MR) is 96.5 cm³/mol. The molecule has 0 bridgehead atoms. The van der Waals surface area contributed by atoms with Gasteiger partial charge in [-0.1, -0.05) is 44.2 Å². The van der Waals surface area contributed by atoms with Gasteiger partial charge in [-0.3, -0.25) is 0 Å². The molecule has 0 aliphatic heterocycles. The third kappa shape index (κ3) is 3.44. The molecule has 1 heterocycles. The minimum Gasteiger partial charge on any atom is -0.491 e. The second-order valence-electron chi connectivity index (χ2n) is 6.14. The number of benzene rings is 2. The summed E-state index contributed by atoms with van der Waals surface area (Å²) in [6, 6.07) is 16.4. The topological polar surface area (TPSA) is 36.3 Å². The SMILES string of the molecule is COCc1nc2ccccc2n1CCOc1ccccc1C(C)C. The molecule has 0 amide bonds. The highest BCUT2D eigenvalue weighted by Gasteiger charge is 2.11. The molecular weight excluding hydrogens is 300 g/mol. The maximum absolute atomic E-state index is 6.06. The standard InChI is InChI=1S/C20H24N2O2/c1-15(2)16-8-4-7-11-19(16)24-13-12-22-18-10-6-5-9-17(18)21-20(22)14-23-3/h4-11,15H,12-14H2,1-3H3. The van der Waals surface area contributed by atoms with Gasteiger partial charge >= 0.3 is 0 Å². The highest BCUT2D eigenvalue weighted by molar-refractivity contribution is 5.75. The van der Waals surface area contributed by atoms with Crippen LogP contribution in [-0.2, 0) is 17.9 Å². The molecule has 4 nitrogen and oxygen atoms in total. The lowest BCUT2D eigenvalue weighted by Crippen LogP contribution is -2.12. The number of para-hydroxylation sites is 3. The smallest absolute Gasteiger partial charge is 0.136 e. The second-order valence-corrected chi connectivity index (χ2v) is 6.14. The summed E-state index contributed by atoms with van der Waals surface area (Å²) in [6.45, 7) is 6.20. The number of rotatable bonds is 7. The highest BCUT2D eigenvalue weighted by atomic mass is 16.5. The normalized spacial score (nSPS) is 11.3. The van der Waals surface area contributed by atoms with Crippen molar-refractivity contribution in [3.05, 3.63) is 59.9 Å². The summed E-state index contributed by atoms with van der Waals surface area (Å²) in [7, 11) is 1.69. The molecule has 24 heavy (non-hydrogen) atoms. The third-order valence-corrected chi connectivity index (χ3v) is 4.12. The molecule has 3 aromatic rings. The zero-order valence-electron chi connectivity index (χ0n) is 14.5. The van der Waals surface area contributed by atoms with E-state index >= 15 is 0 Å². The largest absolute Gasteiger partial charge is 0.491 e. The Labute approximate surface area is 143 Å². The summed E-state index contributed by atoms with van der Waals surface area (Å²) in [4.78, 5) is 4.66. The predicted octanol–water partition coefficient (Wildman–Crippen LogP) is 4.39. The van der Waals surface area contributed by atoms with E-state index in [2.05, 4.69) is 41.6 Å². The Kier molecular flexibility index (Phi) is 5.16. The van der Waals surface area contributed by atoms with Crippen LogP contribution in [0.3, 0.4) is 0 Å². The summed E-state index contributed by atoms with van der Waals surface area (Å²) < 4.78 is 13.5. The van der Waals surface area contributed by atoms with Gasteiger partial charge in [-0.25, -0.2) is 4.98 Å². The molecular formula is C20H24N2O2. The number of hydrogen-bond donors (Lipinski definition) is 0. The average Bonchev–Trinajstić information content (AvgIpc) is 2.93. The fourth-order valence-corrected chi connectivity index (χ4v) is 2.95. The monoisotopic (exact) mass is 324 g/mol. The summed E-state index contributed by atoms with van der Waals surface area (Å²) in [5, 5.41) is 0. The van der Waals surface area contributed by atoms with Crippen LogP contribution < -0.4 is 4.74 Å². The molecule has 0 aliphatic carbocycles. The number of fused-ring (bicyclic) bond motifs is 1. The highest BCUT2D eigenvalue weighted by Crippen LogP contribution is 2.26. The summed E-state index contributed by atoms with van der Waals surface area (Å²) >= 11 is 0. The van der Waals surface area contributed by atoms with Crippen molar-refractivity contribution in [3.63, 3.8) is 0 Å². The fraction of sp³-hybridized carbons (Fsp3) is 0.350. The van der Waals surface area contributed by atoms with Crippen molar-refractivity contribution in [1.29, 1.82) is 0 Å². The lowest BCUT2D eigenvalue weighted by atomic mass is 10.0. The van der Waals surface area contributed by atoms with Crippen molar-refractivity contribution >= 4 is 11.0 Å². The Balaban J connectivity index is 1.78. The van der Waals surface area contributed by atoms with Crippen molar-refractivity contribution in [2.45, 2.75) is 32.9 Å². The maximum atomic E-state index is 6.06. The average molecular weight is 324 g/mol. The van der Waals surface area contributed by atoms with Crippen molar-refractivity contribution in [2.24, 2.45) is 0 Å². The van der Waals surface area contributed by atoms with Gasteiger partial charge in [-0.15, -0.1) is 0 Å². The molecule has 0 saturated carbocycles. The van der Waals surface area contributed by atoms with Gasteiger partial charge in [0.2, 0.25) is 0 Å². The minimum atomic E-state index is 0.444. The van der Waals surface area contributed by atoms with Gasteiger partial charge in [0.1, 0.15) is 24.8 Å². The van der Waals surface area contributed by atoms with Crippen molar-refractivity contribution in [2.75, 3.05) is 13.7 Å². The van der Waals surface area contributed by atoms with Crippen LogP contribution in [0.5, 0.6) is 5.75 Å². The number of imidazole rings is 1. The molecule has 0 N–H and O–H groups in total. The molecule has 4 heteroatoms. The van der Waals surface area contributed by atoms with E-state index in [0.29, 0.717) is 19.1 Å². The number of ether oxygens (including phenoxy) is 2. The lowest BCUT2D eigenvalue weighted by Gasteiger charge is -2.15. The van der Waals surface area contributed by atoms with Crippen molar-refractivity contribution in [3.8, 4) is 5.75 Å². The Morgan fingerprint density at radius 3 is 2.58 bits per heavy atom. The third-order valence-electron chi connectivity index (χ3n) is 4.12. The molecule has 0 spiro atoms. The quantitative estimate of drug-likeness (QED) is 0.647. The molecule has 2 aromatic carbocycles. The van der Waals surface area contributed by atoms with Crippen LogP contribution in [0.2, 0.25) is 0 Å². The van der Waals surface area contributed by atoms with E-state index in [1.165, 1.54) is 5.56 Å². The van der Waals surface area contributed by atoms with Gasteiger partial charge in [0.05, 0.1) is 17.6 Å². The Bertz CT molecular complexity index is 808. The van der Waals surface area contributed by atoms with Crippen LogP contribution in [0.1, 0.15) is 31.2 Å². The number of hydrogen-bond acceptors (Lipinski definition) is 3. The lowest BCUT2D eigenvalue weighted by molar-refractivity contribution is 0.173. The molecule has 3 rings (SSSR count). The summed E-state index contributed by atoms with van der Waals surface area (Å²) in [5.74, 6) is 2.34. The van der Waals surface area contributed by atoms with E-state index in [4.69, 9.17) is 9.47 Å². The molecule has 0 fully saturated rings. The van der Waals surface area contributed by atoms with E-state index < -0.39 is 0 Å². The first-order valence-corrected chi connectivity index (χ1v) is 8.35. The summed E-state index contributed by atoms with van der Waals surface area (Å²) in [5.41, 5.74) is 3.35. The van der Waals surface area contributed by atoms with Gasteiger partial charge in [0.25, 0.3) is 0 Å².